The lowest BCUT2D eigenvalue weighted by molar-refractivity contribution is -0.257. The summed E-state index contributed by atoms with van der Waals surface area (Å²) in [6.45, 7) is 0.712. The van der Waals surface area contributed by atoms with Gasteiger partial charge in [0.2, 0.25) is 5.78 Å². The number of hydrogen-bond acceptors (Lipinski definition) is 8. The van der Waals surface area contributed by atoms with E-state index < -0.39 is 58.1 Å². The monoisotopic (exact) mass is 324 g/mol. The number of aromatic hydroxyl groups is 2. The van der Waals surface area contributed by atoms with Crippen LogP contribution in [0, 0.1) is 5.92 Å². The maximum Gasteiger partial charge on any atom is 0.202 e. The Hall–Kier alpha value is -2.16. The average molecular weight is 324 g/mol. The van der Waals surface area contributed by atoms with E-state index in [0.717, 1.165) is 6.07 Å². The van der Waals surface area contributed by atoms with E-state index >= 15 is 0 Å². The molecule has 4 N–H and O–H groups in total. The number of fused-ring (bicyclic) bond motifs is 2. The first kappa shape index (κ1) is 15.7. The van der Waals surface area contributed by atoms with Crippen molar-refractivity contribution in [3.8, 4) is 17.2 Å². The summed E-state index contributed by atoms with van der Waals surface area (Å²) in [4.78, 5) is 25.4. The van der Waals surface area contributed by atoms with Crippen LogP contribution in [0.5, 0.6) is 17.2 Å². The summed E-state index contributed by atoms with van der Waals surface area (Å²) in [6.07, 6.45) is -0.328. The van der Waals surface area contributed by atoms with Crippen molar-refractivity contribution in [1.82, 2.24) is 0 Å². The van der Waals surface area contributed by atoms with Gasteiger partial charge in [-0.05, 0) is 6.92 Å². The van der Waals surface area contributed by atoms with Gasteiger partial charge in [0, 0.05) is 12.5 Å². The molecule has 0 aromatic heterocycles. The van der Waals surface area contributed by atoms with E-state index in [4.69, 9.17) is 9.47 Å². The lowest BCUT2D eigenvalue weighted by Crippen LogP contribution is -2.62. The Kier molecular flexibility index (Phi) is 3.19. The molecule has 1 fully saturated rings. The van der Waals surface area contributed by atoms with E-state index in [1.807, 2.05) is 0 Å². The molecule has 1 saturated heterocycles. The van der Waals surface area contributed by atoms with Crippen molar-refractivity contribution in [2.24, 2.45) is 5.92 Å². The maximum atomic E-state index is 12.7. The highest BCUT2D eigenvalue weighted by atomic mass is 16.6. The Morgan fingerprint density at radius 1 is 1.26 bits per heavy atom. The lowest BCUT2D eigenvalue weighted by Gasteiger charge is -2.46. The molecule has 1 aromatic carbocycles. The summed E-state index contributed by atoms with van der Waals surface area (Å²) in [5.74, 6) is -6.05. The minimum atomic E-state index is -2.20. The first-order chi connectivity index (χ1) is 10.6. The second-order valence-electron chi connectivity index (χ2n) is 6.03. The number of ether oxygens (including phenoxy) is 2. The number of carbonyl (C=O) groups is 2. The fourth-order valence-corrected chi connectivity index (χ4v) is 3.16. The van der Waals surface area contributed by atoms with Crippen LogP contribution in [0.2, 0.25) is 0 Å². The number of phenolic OH excluding ortho intramolecular Hbond substituents is 2. The third-order valence-electron chi connectivity index (χ3n) is 4.41. The summed E-state index contributed by atoms with van der Waals surface area (Å²) in [5, 5.41) is 40.8. The van der Waals surface area contributed by atoms with Gasteiger partial charge in [0.25, 0.3) is 0 Å². The molecule has 3 unspecified atom stereocenters. The standard InChI is InChI=1S/C15H16O8/c1-14(20)4-6-11(17)10-9(13(19)15(6,21)5-23-14)7(16)3-8(22-2)12(10)18/h3,6,16,18,20-21H,4-5H2,1-2H3. The van der Waals surface area contributed by atoms with Gasteiger partial charge in [-0.1, -0.05) is 0 Å². The Morgan fingerprint density at radius 3 is 2.52 bits per heavy atom. The summed E-state index contributed by atoms with van der Waals surface area (Å²) >= 11 is 0. The van der Waals surface area contributed by atoms with Crippen LogP contribution in [0.25, 0.3) is 0 Å². The third kappa shape index (κ3) is 2.03. The zero-order valence-corrected chi connectivity index (χ0v) is 12.5. The van der Waals surface area contributed by atoms with E-state index in [9.17, 15) is 30.0 Å². The van der Waals surface area contributed by atoms with Gasteiger partial charge in [0.15, 0.2) is 28.7 Å². The lowest BCUT2D eigenvalue weighted by atomic mass is 9.67. The van der Waals surface area contributed by atoms with Crippen LogP contribution in [-0.2, 0) is 4.74 Å². The molecular weight excluding hydrogens is 308 g/mol. The normalized spacial score (nSPS) is 33.1. The van der Waals surface area contributed by atoms with Crippen LogP contribution in [0.1, 0.15) is 34.1 Å². The van der Waals surface area contributed by atoms with Gasteiger partial charge in [-0.2, -0.15) is 0 Å². The van der Waals surface area contributed by atoms with Crippen LogP contribution in [0.3, 0.4) is 0 Å². The topological polar surface area (TPSA) is 134 Å². The number of aliphatic hydroxyl groups is 2. The Bertz CT molecular complexity index is 723. The fraction of sp³-hybridized carbons (Fsp3) is 0.467. The largest absolute Gasteiger partial charge is 0.507 e. The molecule has 1 heterocycles. The smallest absolute Gasteiger partial charge is 0.202 e. The molecule has 0 spiro atoms. The third-order valence-corrected chi connectivity index (χ3v) is 4.41. The molecule has 1 aliphatic carbocycles. The van der Waals surface area contributed by atoms with Gasteiger partial charge in [0.1, 0.15) is 5.75 Å². The molecule has 0 radical (unpaired) electrons. The van der Waals surface area contributed by atoms with E-state index in [-0.39, 0.29) is 12.2 Å². The molecule has 0 amide bonds. The first-order valence-electron chi connectivity index (χ1n) is 6.93. The van der Waals surface area contributed by atoms with E-state index in [0.29, 0.717) is 0 Å². The zero-order chi connectivity index (χ0) is 17.2. The molecule has 8 nitrogen and oxygen atoms in total. The highest BCUT2D eigenvalue weighted by Gasteiger charge is 2.59. The number of rotatable bonds is 1. The number of ketones is 2. The Balaban J connectivity index is 2.26. The summed E-state index contributed by atoms with van der Waals surface area (Å²) < 4.78 is 9.92. The van der Waals surface area contributed by atoms with Gasteiger partial charge >= 0.3 is 0 Å². The van der Waals surface area contributed by atoms with Gasteiger partial charge in [-0.25, -0.2) is 0 Å². The molecule has 0 saturated carbocycles. The van der Waals surface area contributed by atoms with Crippen LogP contribution in [0.15, 0.2) is 6.07 Å². The van der Waals surface area contributed by atoms with Crippen LogP contribution >= 0.6 is 0 Å². The Labute approximate surface area is 130 Å². The summed E-state index contributed by atoms with van der Waals surface area (Å²) in [6, 6.07) is 0.989. The number of methoxy groups -OCH3 is 1. The molecule has 1 aromatic rings. The maximum absolute atomic E-state index is 12.7. The molecule has 3 rings (SSSR count). The second kappa shape index (κ2) is 4.67. The highest BCUT2D eigenvalue weighted by molar-refractivity contribution is 6.22. The second-order valence-corrected chi connectivity index (χ2v) is 6.03. The molecule has 8 heteroatoms. The molecule has 2 aliphatic rings. The van der Waals surface area contributed by atoms with Crippen molar-refractivity contribution < 1.29 is 39.5 Å². The van der Waals surface area contributed by atoms with E-state index in [2.05, 4.69) is 0 Å². The summed E-state index contributed by atoms with van der Waals surface area (Å²) in [5.41, 5.74) is -3.10. The zero-order valence-electron chi connectivity index (χ0n) is 12.5. The fourth-order valence-electron chi connectivity index (χ4n) is 3.16. The predicted octanol–water partition coefficient (Wildman–Crippen LogP) is -0.0385. The quantitative estimate of drug-likeness (QED) is 0.529. The number of carbonyl (C=O) groups excluding carboxylic acids is 2. The van der Waals surface area contributed by atoms with Crippen molar-refractivity contribution in [1.29, 1.82) is 0 Å². The molecule has 124 valence electrons. The van der Waals surface area contributed by atoms with Crippen LogP contribution in [0.4, 0.5) is 0 Å². The minimum absolute atomic E-state index is 0.174. The van der Waals surface area contributed by atoms with Gasteiger partial charge < -0.3 is 29.9 Å². The van der Waals surface area contributed by atoms with Crippen molar-refractivity contribution in [2.45, 2.75) is 24.7 Å². The predicted molar refractivity (Wildman–Crippen MR) is 74.6 cm³/mol. The van der Waals surface area contributed by atoms with Gasteiger partial charge in [0.05, 0.1) is 30.8 Å². The molecule has 3 atom stereocenters. The van der Waals surface area contributed by atoms with E-state index in [1.54, 1.807) is 0 Å². The summed E-state index contributed by atoms with van der Waals surface area (Å²) in [7, 11) is 1.23. The molecular formula is C15H16O8. The van der Waals surface area contributed by atoms with Gasteiger partial charge in [-0.15, -0.1) is 0 Å². The van der Waals surface area contributed by atoms with Crippen molar-refractivity contribution in [3.63, 3.8) is 0 Å². The minimum Gasteiger partial charge on any atom is -0.507 e. The highest BCUT2D eigenvalue weighted by Crippen LogP contribution is 2.49. The van der Waals surface area contributed by atoms with Crippen molar-refractivity contribution in [2.75, 3.05) is 13.7 Å². The van der Waals surface area contributed by atoms with Crippen molar-refractivity contribution >= 4 is 11.6 Å². The molecule has 23 heavy (non-hydrogen) atoms. The van der Waals surface area contributed by atoms with Crippen LogP contribution < -0.4 is 4.74 Å². The number of Topliss-reactive ketones (excluding diaryl/α,β-unsaturated/α-hetero) is 2. The number of benzene rings is 1. The molecule has 0 bridgehead atoms. The first-order valence-corrected chi connectivity index (χ1v) is 6.93. The van der Waals surface area contributed by atoms with Crippen molar-refractivity contribution in [3.05, 3.63) is 17.2 Å². The van der Waals surface area contributed by atoms with Gasteiger partial charge in [-0.3, -0.25) is 9.59 Å². The number of phenols is 2. The van der Waals surface area contributed by atoms with E-state index in [1.165, 1.54) is 14.0 Å². The average Bonchev–Trinajstić information content (AvgIpc) is 2.48. The van der Waals surface area contributed by atoms with Crippen LogP contribution in [-0.4, -0.2) is 57.1 Å². The Morgan fingerprint density at radius 2 is 1.91 bits per heavy atom. The SMILES string of the molecule is COc1cc(O)c2c(c1O)C(=O)C1CC(C)(O)OCC1(O)C2=O. The number of hydrogen-bond donors (Lipinski definition) is 4. The molecule has 1 aliphatic heterocycles.